The normalized spacial score (nSPS) is 18.0. The third-order valence-corrected chi connectivity index (χ3v) is 7.45. The van der Waals surface area contributed by atoms with Crippen molar-refractivity contribution in [2.75, 3.05) is 6.54 Å². The monoisotopic (exact) mass is 504 g/mol. The fourth-order valence-electron chi connectivity index (χ4n) is 3.47. The Kier molecular flexibility index (Phi) is 7.49. The third-order valence-electron chi connectivity index (χ3n) is 4.89. The summed E-state index contributed by atoms with van der Waals surface area (Å²) in [6, 6.07) is 8.29. The highest BCUT2D eigenvalue weighted by molar-refractivity contribution is 7.89. The summed E-state index contributed by atoms with van der Waals surface area (Å²) in [5.41, 5.74) is 0.629. The molecule has 0 spiro atoms. The van der Waals surface area contributed by atoms with Crippen molar-refractivity contribution in [2.24, 2.45) is 0 Å². The number of amides is 1. The van der Waals surface area contributed by atoms with E-state index in [-0.39, 0.29) is 34.3 Å². The van der Waals surface area contributed by atoms with Crippen LogP contribution in [0.4, 0.5) is 0 Å². The van der Waals surface area contributed by atoms with Crippen LogP contribution in [0.2, 0.25) is 15.1 Å². The van der Waals surface area contributed by atoms with E-state index in [0.717, 1.165) is 4.31 Å². The first-order chi connectivity index (χ1) is 14.6. The summed E-state index contributed by atoms with van der Waals surface area (Å²) in [5.74, 6) is -1.91. The van der Waals surface area contributed by atoms with Crippen LogP contribution in [0.5, 0.6) is 0 Å². The number of sulfonamides is 1. The summed E-state index contributed by atoms with van der Waals surface area (Å²) >= 11 is 17.8. The maximum atomic E-state index is 13.1. The maximum absolute atomic E-state index is 13.1. The van der Waals surface area contributed by atoms with Gasteiger partial charge in [-0.25, -0.2) is 13.2 Å². The van der Waals surface area contributed by atoms with Crippen molar-refractivity contribution < 1.29 is 23.1 Å². The fraction of sp³-hybridized carbons (Fsp3) is 0.300. The lowest BCUT2D eigenvalue weighted by Crippen LogP contribution is -2.51. The summed E-state index contributed by atoms with van der Waals surface area (Å²) < 4.78 is 27.3. The third kappa shape index (κ3) is 5.70. The van der Waals surface area contributed by atoms with Gasteiger partial charge in [-0.1, -0.05) is 46.9 Å². The minimum Gasteiger partial charge on any atom is -0.480 e. The number of aliphatic carboxylic acids is 1. The number of carboxylic acid groups (broad SMARTS) is 1. The van der Waals surface area contributed by atoms with Crippen molar-refractivity contribution in [3.8, 4) is 0 Å². The molecule has 0 radical (unpaired) electrons. The predicted molar refractivity (Wildman–Crippen MR) is 118 cm³/mol. The van der Waals surface area contributed by atoms with Crippen molar-refractivity contribution in [1.82, 2.24) is 9.62 Å². The topological polar surface area (TPSA) is 104 Å². The largest absolute Gasteiger partial charge is 0.480 e. The zero-order valence-corrected chi connectivity index (χ0v) is 19.2. The van der Waals surface area contributed by atoms with E-state index in [2.05, 4.69) is 5.32 Å². The number of hydrogen-bond acceptors (Lipinski definition) is 4. The van der Waals surface area contributed by atoms with Gasteiger partial charge in [0.05, 0.1) is 4.90 Å². The lowest BCUT2D eigenvalue weighted by atomic mass is 10.1. The molecule has 2 N–H and O–H groups in total. The first kappa shape index (κ1) is 23.8. The van der Waals surface area contributed by atoms with Gasteiger partial charge in [-0.15, -0.1) is 0 Å². The van der Waals surface area contributed by atoms with Crippen molar-refractivity contribution in [2.45, 2.75) is 36.2 Å². The number of carbonyl (C=O) groups excluding carboxylic acids is 1. The molecule has 2 atom stereocenters. The standard InChI is InChI=1S/C20H19Cl3N2O5S/c21-13-4-1-3-12(7-13)8-17(20(27)28)24-19(26)18-5-2-6-25(18)31(29,30)16-10-14(22)9-15(23)11-16/h1,3-4,7,9-11,17-18H,2,5-6,8H2,(H,24,26)(H,27,28)/t17-,18-/m0/s1. The molecule has 1 amide bonds. The molecule has 166 valence electrons. The molecule has 31 heavy (non-hydrogen) atoms. The Hall–Kier alpha value is -1.84. The molecular formula is C20H19Cl3N2O5S. The van der Waals surface area contributed by atoms with E-state index in [1.165, 1.54) is 18.2 Å². The molecule has 1 aliphatic heterocycles. The van der Waals surface area contributed by atoms with Gasteiger partial charge in [-0.05, 0) is 48.7 Å². The van der Waals surface area contributed by atoms with Crippen LogP contribution in [-0.2, 0) is 26.0 Å². The Balaban J connectivity index is 1.80. The number of benzene rings is 2. The van der Waals surface area contributed by atoms with Gasteiger partial charge in [0.2, 0.25) is 15.9 Å². The Morgan fingerprint density at radius 2 is 1.77 bits per heavy atom. The first-order valence-electron chi connectivity index (χ1n) is 9.33. The predicted octanol–water partition coefficient (Wildman–Crippen LogP) is 3.61. The van der Waals surface area contributed by atoms with Gasteiger partial charge in [-0.2, -0.15) is 4.31 Å². The summed E-state index contributed by atoms with van der Waals surface area (Å²) in [4.78, 5) is 24.5. The molecule has 0 aromatic heterocycles. The molecule has 0 bridgehead atoms. The highest BCUT2D eigenvalue weighted by Crippen LogP contribution is 2.30. The molecule has 2 aromatic carbocycles. The van der Waals surface area contributed by atoms with Crippen LogP contribution in [0.3, 0.4) is 0 Å². The Morgan fingerprint density at radius 3 is 2.39 bits per heavy atom. The SMILES string of the molecule is O=C(O)[C@H](Cc1cccc(Cl)c1)NC(=O)[C@@H]1CCCN1S(=O)(=O)c1cc(Cl)cc(Cl)c1. The molecule has 1 aliphatic rings. The lowest BCUT2D eigenvalue weighted by Gasteiger charge is -2.25. The second-order valence-electron chi connectivity index (χ2n) is 7.11. The summed E-state index contributed by atoms with van der Waals surface area (Å²) in [6.07, 6.45) is 0.728. The maximum Gasteiger partial charge on any atom is 0.326 e. The zero-order valence-electron chi connectivity index (χ0n) is 16.1. The Bertz CT molecular complexity index is 1090. The molecule has 3 rings (SSSR count). The number of nitrogens with one attached hydrogen (secondary N) is 1. The average Bonchev–Trinajstić information content (AvgIpc) is 3.17. The van der Waals surface area contributed by atoms with Gasteiger partial charge in [-0.3, -0.25) is 4.79 Å². The molecular weight excluding hydrogens is 487 g/mol. The number of hydrogen-bond donors (Lipinski definition) is 2. The van der Waals surface area contributed by atoms with Crippen LogP contribution in [0.15, 0.2) is 47.4 Å². The Morgan fingerprint density at radius 1 is 1.10 bits per heavy atom. The number of carbonyl (C=O) groups is 2. The van der Waals surface area contributed by atoms with Gasteiger partial charge in [0.25, 0.3) is 0 Å². The zero-order chi connectivity index (χ0) is 22.8. The first-order valence-corrected chi connectivity index (χ1v) is 11.9. The fourth-order valence-corrected chi connectivity index (χ4v) is 6.07. The highest BCUT2D eigenvalue weighted by Gasteiger charge is 2.40. The average molecular weight is 506 g/mol. The van der Waals surface area contributed by atoms with Gasteiger partial charge < -0.3 is 10.4 Å². The quantitative estimate of drug-likeness (QED) is 0.598. The van der Waals surface area contributed by atoms with Crippen molar-refractivity contribution in [3.05, 3.63) is 63.1 Å². The molecule has 1 heterocycles. The van der Waals surface area contributed by atoms with Crippen LogP contribution < -0.4 is 5.32 Å². The van der Waals surface area contributed by atoms with Crippen LogP contribution in [-0.4, -0.2) is 48.3 Å². The summed E-state index contributed by atoms with van der Waals surface area (Å²) in [7, 11) is -4.06. The summed E-state index contributed by atoms with van der Waals surface area (Å²) in [5, 5.41) is 12.8. The van der Waals surface area contributed by atoms with E-state index < -0.39 is 34.0 Å². The second kappa shape index (κ2) is 9.75. The van der Waals surface area contributed by atoms with Crippen LogP contribution in [0.1, 0.15) is 18.4 Å². The van der Waals surface area contributed by atoms with Crippen molar-refractivity contribution in [3.63, 3.8) is 0 Å². The van der Waals surface area contributed by atoms with E-state index >= 15 is 0 Å². The number of carboxylic acids is 1. The van der Waals surface area contributed by atoms with E-state index in [0.29, 0.717) is 17.0 Å². The number of nitrogens with zero attached hydrogens (tertiary/aromatic N) is 1. The van der Waals surface area contributed by atoms with Crippen molar-refractivity contribution in [1.29, 1.82) is 0 Å². The number of halogens is 3. The van der Waals surface area contributed by atoms with Crippen LogP contribution >= 0.6 is 34.8 Å². The second-order valence-corrected chi connectivity index (χ2v) is 10.3. The van der Waals surface area contributed by atoms with E-state index in [9.17, 15) is 23.1 Å². The molecule has 0 aliphatic carbocycles. The molecule has 2 aromatic rings. The number of rotatable bonds is 7. The molecule has 0 saturated carbocycles. The lowest BCUT2D eigenvalue weighted by molar-refractivity contribution is -0.142. The highest BCUT2D eigenvalue weighted by atomic mass is 35.5. The van der Waals surface area contributed by atoms with Gasteiger partial charge >= 0.3 is 5.97 Å². The van der Waals surface area contributed by atoms with Crippen molar-refractivity contribution >= 4 is 56.7 Å². The molecule has 7 nitrogen and oxygen atoms in total. The van der Waals surface area contributed by atoms with Gasteiger partial charge in [0.15, 0.2) is 0 Å². The molecule has 1 saturated heterocycles. The van der Waals surface area contributed by atoms with E-state index in [1.54, 1.807) is 24.3 Å². The van der Waals surface area contributed by atoms with Crippen LogP contribution in [0.25, 0.3) is 0 Å². The molecule has 11 heteroatoms. The minimum absolute atomic E-state index is 0.00496. The summed E-state index contributed by atoms with van der Waals surface area (Å²) in [6.45, 7) is 0.122. The van der Waals surface area contributed by atoms with Gasteiger partial charge in [0, 0.05) is 28.0 Å². The minimum atomic E-state index is -4.06. The molecule has 0 unspecified atom stereocenters. The smallest absolute Gasteiger partial charge is 0.326 e. The van der Waals surface area contributed by atoms with Crippen LogP contribution in [0, 0.1) is 0 Å². The molecule has 1 fully saturated rings. The van der Waals surface area contributed by atoms with E-state index in [1.807, 2.05) is 0 Å². The Labute approximate surface area is 194 Å². The van der Waals surface area contributed by atoms with Gasteiger partial charge in [0.1, 0.15) is 12.1 Å². The van der Waals surface area contributed by atoms with E-state index in [4.69, 9.17) is 34.8 Å².